The molecule has 0 atom stereocenters. The molecule has 0 bridgehead atoms. The Morgan fingerprint density at radius 3 is 2.78 bits per heavy atom. The number of rotatable bonds is 7. The second kappa shape index (κ2) is 6.85. The summed E-state index contributed by atoms with van der Waals surface area (Å²) in [5.74, 6) is -0.240. The first kappa shape index (κ1) is 15.1. The van der Waals surface area contributed by atoms with Crippen LogP contribution < -0.4 is 0 Å². The zero-order chi connectivity index (χ0) is 13.6. The lowest BCUT2D eigenvalue weighted by Gasteiger charge is -2.19. The van der Waals surface area contributed by atoms with Crippen LogP contribution in [0.2, 0.25) is 0 Å². The molecule has 0 aliphatic rings. The normalized spacial score (nSPS) is 11.6. The molecule has 5 heteroatoms. The maximum atomic E-state index is 11.8. The number of esters is 1. The van der Waals surface area contributed by atoms with Crippen molar-refractivity contribution in [2.24, 2.45) is 0 Å². The van der Waals surface area contributed by atoms with E-state index in [1.54, 1.807) is 6.92 Å². The van der Waals surface area contributed by atoms with Crippen LogP contribution in [-0.2, 0) is 26.3 Å². The van der Waals surface area contributed by atoms with Crippen LogP contribution in [0.15, 0.2) is 5.38 Å². The lowest BCUT2D eigenvalue weighted by atomic mass is 9.90. The van der Waals surface area contributed by atoms with Crippen LogP contribution in [-0.4, -0.2) is 24.2 Å². The zero-order valence-corrected chi connectivity index (χ0v) is 12.3. The van der Waals surface area contributed by atoms with E-state index in [1.807, 2.05) is 19.2 Å². The first-order chi connectivity index (χ1) is 8.52. The van der Waals surface area contributed by atoms with Crippen LogP contribution in [0.1, 0.15) is 44.8 Å². The molecule has 0 fully saturated rings. The summed E-state index contributed by atoms with van der Waals surface area (Å²) in [6, 6.07) is 0. The van der Waals surface area contributed by atoms with E-state index in [1.165, 1.54) is 11.3 Å². The van der Waals surface area contributed by atoms with Gasteiger partial charge in [0.2, 0.25) is 0 Å². The van der Waals surface area contributed by atoms with E-state index in [9.17, 15) is 4.79 Å². The number of aromatic nitrogens is 1. The molecule has 0 N–H and O–H groups in total. The van der Waals surface area contributed by atoms with E-state index in [-0.39, 0.29) is 5.97 Å². The Bertz CT molecular complexity index is 387. The van der Waals surface area contributed by atoms with Crippen LogP contribution in [0.5, 0.6) is 0 Å². The van der Waals surface area contributed by atoms with Crippen molar-refractivity contribution >= 4 is 17.3 Å². The highest BCUT2D eigenvalue weighted by Gasteiger charge is 2.33. The smallest absolute Gasteiger partial charge is 0.317 e. The molecule has 1 aromatic rings. The van der Waals surface area contributed by atoms with Crippen molar-refractivity contribution in [2.75, 3.05) is 13.2 Å². The van der Waals surface area contributed by atoms with Crippen molar-refractivity contribution in [1.82, 2.24) is 4.98 Å². The first-order valence-electron chi connectivity index (χ1n) is 6.22. The van der Waals surface area contributed by atoms with E-state index < -0.39 is 5.41 Å². The number of carbonyl (C=O) groups excluding carboxylic acids is 1. The largest absolute Gasteiger partial charge is 0.465 e. The minimum Gasteiger partial charge on any atom is -0.465 e. The second-order valence-corrected chi connectivity index (χ2v) is 5.47. The summed E-state index contributed by atoms with van der Waals surface area (Å²) in [6.07, 6.45) is 0.993. The molecular weight excluding hydrogens is 250 g/mol. The van der Waals surface area contributed by atoms with E-state index >= 15 is 0 Å². The topological polar surface area (TPSA) is 48.4 Å². The number of ether oxygens (including phenoxy) is 2. The molecule has 0 aliphatic heterocycles. The third-order valence-corrected chi connectivity index (χ3v) is 3.37. The molecule has 18 heavy (non-hydrogen) atoms. The minimum atomic E-state index is -0.699. The van der Waals surface area contributed by atoms with Crippen LogP contribution in [0, 0.1) is 0 Å². The molecule has 102 valence electrons. The Labute approximate surface area is 112 Å². The highest BCUT2D eigenvalue weighted by atomic mass is 32.1. The lowest BCUT2D eigenvalue weighted by Crippen LogP contribution is -2.31. The number of nitrogens with zero attached hydrogens (tertiary/aromatic N) is 1. The highest BCUT2D eigenvalue weighted by Crippen LogP contribution is 2.26. The van der Waals surface area contributed by atoms with E-state index in [2.05, 4.69) is 11.9 Å². The molecule has 0 aliphatic carbocycles. The van der Waals surface area contributed by atoms with Crippen LogP contribution >= 0.6 is 11.3 Å². The van der Waals surface area contributed by atoms with Crippen molar-refractivity contribution in [1.29, 1.82) is 0 Å². The summed E-state index contributed by atoms with van der Waals surface area (Å²) in [6.45, 7) is 9.16. The van der Waals surface area contributed by atoms with Gasteiger partial charge in [0.05, 0.1) is 18.9 Å². The summed E-state index contributed by atoms with van der Waals surface area (Å²) in [5.41, 5.74) is 0.0521. The Balaban J connectivity index is 2.68. The van der Waals surface area contributed by atoms with Crippen molar-refractivity contribution in [3.05, 3.63) is 16.1 Å². The fourth-order valence-electron chi connectivity index (χ4n) is 1.38. The van der Waals surface area contributed by atoms with Crippen LogP contribution in [0.3, 0.4) is 0 Å². The van der Waals surface area contributed by atoms with Gasteiger partial charge in [0.1, 0.15) is 10.4 Å². The Morgan fingerprint density at radius 2 is 2.17 bits per heavy atom. The number of thiazole rings is 1. The molecule has 1 heterocycles. The Morgan fingerprint density at radius 1 is 1.44 bits per heavy atom. The first-order valence-corrected chi connectivity index (χ1v) is 7.10. The number of hydrogen-bond donors (Lipinski definition) is 0. The zero-order valence-electron chi connectivity index (χ0n) is 11.5. The second-order valence-electron chi connectivity index (χ2n) is 4.52. The Kier molecular flexibility index (Phi) is 5.75. The maximum absolute atomic E-state index is 11.8. The lowest BCUT2D eigenvalue weighted by molar-refractivity contribution is -0.148. The predicted octanol–water partition coefficient (Wildman–Crippen LogP) is 2.91. The van der Waals surface area contributed by atoms with Gasteiger partial charge in [-0.1, -0.05) is 6.92 Å². The van der Waals surface area contributed by atoms with Gasteiger partial charge in [0.15, 0.2) is 0 Å². The molecule has 0 saturated carbocycles. The molecule has 1 rings (SSSR count). The molecule has 0 spiro atoms. The summed E-state index contributed by atoms with van der Waals surface area (Å²) in [7, 11) is 0. The van der Waals surface area contributed by atoms with Gasteiger partial charge in [-0.25, -0.2) is 4.98 Å². The molecule has 0 radical (unpaired) electrons. The van der Waals surface area contributed by atoms with Gasteiger partial charge in [-0.15, -0.1) is 11.3 Å². The van der Waals surface area contributed by atoms with Gasteiger partial charge in [-0.05, 0) is 27.2 Å². The third-order valence-electron chi connectivity index (χ3n) is 2.55. The molecule has 4 nitrogen and oxygen atoms in total. The molecule has 0 aromatic carbocycles. The van der Waals surface area contributed by atoms with Crippen molar-refractivity contribution in [3.63, 3.8) is 0 Å². The number of hydrogen-bond acceptors (Lipinski definition) is 5. The fraction of sp³-hybridized carbons (Fsp3) is 0.692. The third kappa shape index (κ3) is 3.78. The standard InChI is InChI=1S/C13H21NO3S/c1-5-7-16-8-11-14-10(9-18-11)13(3,4)12(15)17-6-2/h9H,5-8H2,1-4H3. The highest BCUT2D eigenvalue weighted by molar-refractivity contribution is 7.09. The van der Waals surface area contributed by atoms with Crippen LogP contribution in [0.4, 0.5) is 0 Å². The monoisotopic (exact) mass is 271 g/mol. The van der Waals surface area contributed by atoms with E-state index in [0.29, 0.717) is 13.2 Å². The summed E-state index contributed by atoms with van der Waals surface area (Å²) >= 11 is 1.52. The Hall–Kier alpha value is -0.940. The predicted molar refractivity (Wildman–Crippen MR) is 71.7 cm³/mol. The van der Waals surface area contributed by atoms with Gasteiger partial charge in [-0.2, -0.15) is 0 Å². The molecular formula is C13H21NO3S. The minimum absolute atomic E-state index is 0.240. The van der Waals surface area contributed by atoms with Gasteiger partial charge in [-0.3, -0.25) is 4.79 Å². The average Bonchev–Trinajstić information content (AvgIpc) is 2.79. The maximum Gasteiger partial charge on any atom is 0.317 e. The fourth-order valence-corrected chi connectivity index (χ4v) is 2.28. The molecule has 1 aromatic heterocycles. The average molecular weight is 271 g/mol. The summed E-state index contributed by atoms with van der Waals surface area (Å²) < 4.78 is 10.5. The van der Waals surface area contributed by atoms with Gasteiger partial charge in [0.25, 0.3) is 0 Å². The van der Waals surface area contributed by atoms with Crippen molar-refractivity contribution < 1.29 is 14.3 Å². The van der Waals surface area contributed by atoms with Gasteiger partial charge < -0.3 is 9.47 Å². The SMILES string of the molecule is CCCOCc1nc(C(C)(C)C(=O)OCC)cs1. The summed E-state index contributed by atoms with van der Waals surface area (Å²) in [5, 5.41) is 2.80. The summed E-state index contributed by atoms with van der Waals surface area (Å²) in [4.78, 5) is 16.3. The van der Waals surface area contributed by atoms with E-state index in [4.69, 9.17) is 9.47 Å². The van der Waals surface area contributed by atoms with Gasteiger partial charge >= 0.3 is 5.97 Å². The van der Waals surface area contributed by atoms with Crippen molar-refractivity contribution in [2.45, 2.75) is 46.1 Å². The number of carbonyl (C=O) groups is 1. The van der Waals surface area contributed by atoms with Crippen LogP contribution in [0.25, 0.3) is 0 Å². The molecule has 0 unspecified atom stereocenters. The van der Waals surface area contributed by atoms with Crippen molar-refractivity contribution in [3.8, 4) is 0 Å². The quantitative estimate of drug-likeness (QED) is 0.565. The molecule has 0 amide bonds. The molecule has 0 saturated heterocycles. The van der Waals surface area contributed by atoms with Gasteiger partial charge in [0, 0.05) is 12.0 Å². The van der Waals surface area contributed by atoms with E-state index in [0.717, 1.165) is 23.7 Å².